The van der Waals surface area contributed by atoms with Crippen molar-refractivity contribution in [3.05, 3.63) is 0 Å². The van der Waals surface area contributed by atoms with Crippen LogP contribution in [0.1, 0.15) is 152 Å². The van der Waals surface area contributed by atoms with Gasteiger partial charge in [0.15, 0.2) is 0 Å². The smallest absolute Gasteiger partial charge is 0.324 e. The van der Waals surface area contributed by atoms with Crippen LogP contribution in [0.4, 0.5) is 0 Å². The Balaban J connectivity index is 6.59. The van der Waals surface area contributed by atoms with Crippen LogP contribution in [0.25, 0.3) is 0 Å². The molecule has 1 N–H and O–H groups in total. The van der Waals surface area contributed by atoms with E-state index in [0.29, 0.717) is 6.42 Å². The third-order valence-corrected chi connectivity index (χ3v) is 34.6. The molecule has 0 aliphatic rings. The predicted octanol–water partition coefficient (Wildman–Crippen LogP) is 19.8. The molecule has 0 bridgehead atoms. The van der Waals surface area contributed by atoms with E-state index in [1.807, 2.05) is 104 Å². The highest BCUT2D eigenvalue weighted by molar-refractivity contribution is 8.57. The molecule has 84 heavy (non-hydrogen) atoms. The van der Waals surface area contributed by atoms with Gasteiger partial charge >= 0.3 is 47.5 Å². The molecule has 0 aliphatic carbocycles. The molecule has 0 saturated carbocycles. The monoisotopic (exact) mass is 1470 g/mol. The summed E-state index contributed by atoms with van der Waals surface area (Å²) in [6, 6.07) is 0. The number of hydrogen-bond donors (Lipinski definition) is 1. The van der Waals surface area contributed by atoms with Crippen LogP contribution in [0.15, 0.2) is 0 Å². The van der Waals surface area contributed by atoms with Gasteiger partial charge in [0.2, 0.25) is 0 Å². The lowest BCUT2D eigenvalue weighted by Gasteiger charge is -2.28. The van der Waals surface area contributed by atoms with Gasteiger partial charge in [-0.15, -0.1) is 0 Å². The van der Waals surface area contributed by atoms with Gasteiger partial charge in [-0.05, 0) is 169 Å². The fourth-order valence-corrected chi connectivity index (χ4v) is 30.5. The lowest BCUT2D eigenvalue weighted by atomic mass is 10.2. The van der Waals surface area contributed by atoms with Crippen molar-refractivity contribution >= 4 is 128 Å². The standard InChI is InChI=1S/C49H107O21P7S7/c1-22-23-57-72(51,58-24-37(2)3)79-33-46(18)67-76(55,68-47(19)34-80-73(52,59-25-38(4)5)60-26-39(6)7)83-31-44(16)65-71(50,78)66-45(17)32-84-77(56,69-48(20)35-81-74(53,61-27-40(8)9)62-28-41(10)11)70-49(21)36-82-75(54,63-29-42(12)13)64-30-43(14)15/h37-49H,22-36H2,1-21H3,(H,50,78). The first kappa shape index (κ1) is 87.5. The van der Waals surface area contributed by atoms with E-state index < -0.39 is 84.1 Å². The maximum Gasteiger partial charge on any atom is 0.389 e. The molecule has 0 amide bonds. The molecule has 0 aromatic rings. The van der Waals surface area contributed by atoms with E-state index in [4.69, 9.17) is 75.1 Å². The summed E-state index contributed by atoms with van der Waals surface area (Å²) in [7, 11) is 0. The van der Waals surface area contributed by atoms with Gasteiger partial charge in [-0.2, -0.15) is 0 Å². The van der Waals surface area contributed by atoms with Gasteiger partial charge in [0.05, 0.1) is 89.5 Å². The largest absolute Gasteiger partial charge is 0.389 e. The number of hydrogen-bond acceptors (Lipinski definition) is 27. The Labute approximate surface area is 536 Å². The molecule has 0 spiro atoms. The fourth-order valence-electron chi connectivity index (χ4n) is 5.23. The minimum atomic E-state index is -4.18. The van der Waals surface area contributed by atoms with E-state index in [2.05, 4.69) is 0 Å². The Hall–Kier alpha value is 3.53. The molecule has 506 valence electrons. The molecule has 21 nitrogen and oxygen atoms in total. The fraction of sp³-hybridized carbons (Fsp3) is 1.00. The van der Waals surface area contributed by atoms with Gasteiger partial charge in [-0.25, -0.2) is 27.4 Å². The van der Waals surface area contributed by atoms with Crippen LogP contribution < -0.4 is 0 Å². The highest BCUT2D eigenvalue weighted by atomic mass is 32.7. The average Bonchev–Trinajstić information content (AvgIpc) is 3.39. The summed E-state index contributed by atoms with van der Waals surface area (Å²) in [6.45, 7) is 13.2. The van der Waals surface area contributed by atoms with Gasteiger partial charge in [-0.1, -0.05) is 104 Å². The van der Waals surface area contributed by atoms with E-state index in [1.54, 1.807) is 41.5 Å². The topological polar surface area (TPSA) is 252 Å². The van der Waals surface area contributed by atoms with E-state index >= 15 is 0 Å². The summed E-state index contributed by atoms with van der Waals surface area (Å²) >= 11 is 10.8. The zero-order valence-electron chi connectivity index (χ0n) is 53.7. The molecule has 0 aromatic carbocycles. The Bertz CT molecular complexity index is 2030. The van der Waals surface area contributed by atoms with Gasteiger partial charge in [0.1, 0.15) is 0 Å². The molecular formula is C49H107O21P7S7. The summed E-state index contributed by atoms with van der Waals surface area (Å²) in [5.74, 6) is 0.565. The third kappa shape index (κ3) is 45.0. The minimum absolute atomic E-state index is 0.0458. The Morgan fingerprint density at radius 1 is 0.298 bits per heavy atom. The van der Waals surface area contributed by atoms with Gasteiger partial charge in [-0.3, -0.25) is 18.1 Å². The van der Waals surface area contributed by atoms with Crippen molar-refractivity contribution in [3.8, 4) is 0 Å². The Kier molecular flexibility index (Phi) is 46.2. The molecule has 0 aromatic heterocycles. The van der Waals surface area contributed by atoms with E-state index in [-0.39, 0.29) is 129 Å². The van der Waals surface area contributed by atoms with Crippen molar-refractivity contribution in [2.24, 2.45) is 41.4 Å². The normalized spacial score (nSPS) is 18.3. The van der Waals surface area contributed by atoms with Crippen LogP contribution in [0.5, 0.6) is 0 Å². The van der Waals surface area contributed by atoms with Gasteiger partial charge < -0.3 is 50.1 Å². The molecule has 0 rings (SSSR count). The van der Waals surface area contributed by atoms with Crippen LogP contribution in [-0.4, -0.2) is 129 Å². The maximum absolute atomic E-state index is 14.9. The first-order chi connectivity index (χ1) is 38.6. The van der Waals surface area contributed by atoms with Crippen LogP contribution in [-0.2, 0) is 103 Å². The molecular weight excluding hydrogens is 1370 g/mol. The summed E-state index contributed by atoms with van der Waals surface area (Å²) in [5, 5.41) is 0. The summed E-state index contributed by atoms with van der Waals surface area (Å²) in [5.41, 5.74) is 0. The zero-order valence-corrected chi connectivity index (χ0v) is 65.7. The van der Waals surface area contributed by atoms with Crippen LogP contribution in [0, 0.1) is 41.4 Å². The highest BCUT2D eigenvalue weighted by Crippen LogP contribution is 2.69. The van der Waals surface area contributed by atoms with Gasteiger partial charge in [0.25, 0.3) is 0 Å². The second-order valence-electron chi connectivity index (χ2n) is 23.1. The van der Waals surface area contributed by atoms with E-state index in [0.717, 1.165) is 68.3 Å². The highest BCUT2D eigenvalue weighted by Gasteiger charge is 2.39. The quantitative estimate of drug-likeness (QED) is 0.0555. The Morgan fingerprint density at radius 3 is 0.643 bits per heavy atom. The van der Waals surface area contributed by atoms with Crippen LogP contribution in [0.2, 0.25) is 0 Å². The second kappa shape index (κ2) is 44.3. The number of rotatable bonds is 54. The van der Waals surface area contributed by atoms with E-state index in [9.17, 15) is 32.3 Å². The molecule has 0 saturated heterocycles. The van der Waals surface area contributed by atoms with Gasteiger partial charge in [0, 0.05) is 34.5 Å². The van der Waals surface area contributed by atoms with Crippen LogP contribution >= 0.6 is 116 Å². The SMILES string of the molecule is CCCOP(=O)(OCC(C)C)SCC(C)OP(=O)(OC(C)CSP(=O)(OCC(C)C)OCC(C)C)SCC(C)OP(O)(=S)OC(C)CSP(=O)(OC(C)CSP(=O)(OCC(C)C)OCC(C)C)OC(C)CSP(=O)(OCC(C)C)OCC(C)C. The van der Waals surface area contributed by atoms with Crippen molar-refractivity contribution in [2.75, 3.05) is 87.4 Å². The van der Waals surface area contributed by atoms with Crippen LogP contribution in [0.3, 0.4) is 0 Å². The first-order valence-electron chi connectivity index (χ1n) is 28.6. The minimum Gasteiger partial charge on any atom is -0.324 e. The summed E-state index contributed by atoms with van der Waals surface area (Å²) in [4.78, 5) is 11.5. The molecule has 0 heterocycles. The van der Waals surface area contributed by atoms with Crippen molar-refractivity contribution in [1.29, 1.82) is 0 Å². The average molecular weight is 1470 g/mol. The maximum atomic E-state index is 14.9. The lowest BCUT2D eigenvalue weighted by molar-refractivity contribution is 0.138. The molecule has 9 atom stereocenters. The Morgan fingerprint density at radius 2 is 0.464 bits per heavy atom. The molecule has 0 fully saturated rings. The molecule has 35 heteroatoms. The second-order valence-corrected chi connectivity index (χ2v) is 50.3. The predicted molar refractivity (Wildman–Crippen MR) is 362 cm³/mol. The molecule has 0 aliphatic heterocycles. The summed E-state index contributed by atoms with van der Waals surface area (Å²) < 4.78 is 168. The molecule has 0 radical (unpaired) electrons. The van der Waals surface area contributed by atoms with Crippen molar-refractivity contribution in [1.82, 2.24) is 0 Å². The summed E-state index contributed by atoms with van der Waals surface area (Å²) in [6.07, 6.45) is -4.50. The van der Waals surface area contributed by atoms with E-state index in [1.165, 1.54) is 0 Å². The third-order valence-electron chi connectivity index (χ3n) is 9.08. The van der Waals surface area contributed by atoms with Crippen molar-refractivity contribution in [3.63, 3.8) is 0 Å². The molecule has 9 unspecified atom stereocenters. The first-order valence-corrected chi connectivity index (χ1v) is 50.0. The van der Waals surface area contributed by atoms with Crippen molar-refractivity contribution in [2.45, 2.75) is 188 Å². The van der Waals surface area contributed by atoms with Crippen molar-refractivity contribution < 1.29 is 95.6 Å². The lowest BCUT2D eigenvalue weighted by Crippen LogP contribution is -2.18. The zero-order chi connectivity index (χ0) is 64.8.